The van der Waals surface area contributed by atoms with Gasteiger partial charge in [-0.1, -0.05) is 22.9 Å². The summed E-state index contributed by atoms with van der Waals surface area (Å²) < 4.78 is 11.2. The third kappa shape index (κ3) is 4.43. The molecule has 1 fully saturated rings. The van der Waals surface area contributed by atoms with E-state index >= 15 is 0 Å². The molecule has 0 unspecified atom stereocenters. The van der Waals surface area contributed by atoms with Crippen LogP contribution in [-0.4, -0.2) is 39.8 Å². The summed E-state index contributed by atoms with van der Waals surface area (Å²) >= 11 is 7.41. The summed E-state index contributed by atoms with van der Waals surface area (Å²) in [6.07, 6.45) is 6.07. The van der Waals surface area contributed by atoms with Gasteiger partial charge in [-0.2, -0.15) is 0 Å². The van der Waals surface area contributed by atoms with Crippen LogP contribution in [0.5, 0.6) is 5.75 Å². The molecule has 8 nitrogen and oxygen atoms in total. The van der Waals surface area contributed by atoms with Gasteiger partial charge < -0.3 is 9.47 Å². The summed E-state index contributed by atoms with van der Waals surface area (Å²) in [5, 5.41) is 12.6. The second-order valence-electron chi connectivity index (χ2n) is 6.83. The Balaban J connectivity index is 1.63. The first-order chi connectivity index (χ1) is 14.5. The predicted octanol–water partition coefficient (Wildman–Crippen LogP) is 4.46. The van der Waals surface area contributed by atoms with Crippen molar-refractivity contribution in [3.63, 3.8) is 0 Å². The van der Waals surface area contributed by atoms with E-state index in [1.807, 2.05) is 13.0 Å². The highest BCUT2D eigenvalue weighted by Crippen LogP contribution is 2.35. The molecule has 0 aliphatic carbocycles. The number of nitrogens with one attached hydrogen (secondary N) is 1. The van der Waals surface area contributed by atoms with Crippen molar-refractivity contribution in [2.75, 3.05) is 19.0 Å². The Labute approximate surface area is 182 Å². The summed E-state index contributed by atoms with van der Waals surface area (Å²) in [5.41, 5.74) is 2.42. The number of ether oxygens (including phenoxy) is 2. The molecule has 1 N–H and O–H groups in total. The Kier molecular flexibility index (Phi) is 6.21. The highest BCUT2D eigenvalue weighted by atomic mass is 35.5. The number of hydrogen-bond donors (Lipinski definition) is 1. The molecule has 0 spiro atoms. The molecule has 10 heteroatoms. The number of carbonyl (C=O) groups excluding carboxylic acids is 1. The van der Waals surface area contributed by atoms with Crippen molar-refractivity contribution in [1.29, 1.82) is 0 Å². The van der Waals surface area contributed by atoms with Crippen LogP contribution in [-0.2, 0) is 4.74 Å². The molecule has 30 heavy (non-hydrogen) atoms. The first kappa shape index (κ1) is 20.6. The molecule has 1 aliphatic heterocycles. The van der Waals surface area contributed by atoms with Crippen LogP contribution in [0.3, 0.4) is 0 Å². The number of methoxy groups -OCH3 is 1. The van der Waals surface area contributed by atoms with Gasteiger partial charge in [0.15, 0.2) is 0 Å². The van der Waals surface area contributed by atoms with E-state index in [9.17, 15) is 4.79 Å². The number of nitrogens with zero attached hydrogens (tertiary/aromatic N) is 4. The minimum atomic E-state index is -0.347. The summed E-state index contributed by atoms with van der Waals surface area (Å²) in [4.78, 5) is 21.4. The number of halogens is 1. The van der Waals surface area contributed by atoms with Gasteiger partial charge in [0.05, 0.1) is 18.9 Å². The number of aromatic nitrogens is 4. The molecule has 0 bridgehead atoms. The van der Waals surface area contributed by atoms with Crippen molar-refractivity contribution >= 4 is 34.0 Å². The lowest BCUT2D eigenvalue weighted by Crippen LogP contribution is -2.14. The lowest BCUT2D eigenvalue weighted by atomic mass is 10.0. The molecule has 1 atom stereocenters. The number of carbonyl (C=O) groups is 1. The Morgan fingerprint density at radius 1 is 1.23 bits per heavy atom. The van der Waals surface area contributed by atoms with Crippen molar-refractivity contribution in [3.8, 4) is 16.9 Å². The Hall–Kier alpha value is -2.62. The molecule has 1 saturated heterocycles. The Morgan fingerprint density at radius 2 is 2.10 bits per heavy atom. The second-order valence-corrected chi connectivity index (χ2v) is 8.23. The number of rotatable bonds is 5. The quantitative estimate of drug-likeness (QED) is 0.578. The molecule has 1 amide bonds. The van der Waals surface area contributed by atoms with Gasteiger partial charge in [0.2, 0.25) is 5.13 Å². The molecule has 1 aliphatic rings. The van der Waals surface area contributed by atoms with Gasteiger partial charge in [0.1, 0.15) is 22.0 Å². The molecule has 0 radical (unpaired) electrons. The van der Waals surface area contributed by atoms with Crippen LogP contribution in [0.1, 0.15) is 46.4 Å². The number of amides is 1. The maximum Gasteiger partial charge on any atom is 0.259 e. The van der Waals surface area contributed by atoms with E-state index in [2.05, 4.69) is 25.5 Å². The van der Waals surface area contributed by atoms with Crippen LogP contribution in [0.2, 0.25) is 5.15 Å². The lowest BCUT2D eigenvalue weighted by molar-refractivity contribution is 0.0144. The standard InChI is InChI=1S/C20H20ClN5O3S/c1-11-7-12(13-8-17(21)23-10-16(13)28-2)14(9-22-11)18(27)24-20-26-25-19(30-20)15-5-3-4-6-29-15/h7-10,15H,3-6H2,1-2H3,(H,24,26,27)/t15-/m1/s1. The Bertz CT molecular complexity index is 1070. The van der Waals surface area contributed by atoms with Crippen molar-refractivity contribution in [2.24, 2.45) is 0 Å². The zero-order chi connectivity index (χ0) is 21.1. The summed E-state index contributed by atoms with van der Waals surface area (Å²) in [7, 11) is 1.54. The van der Waals surface area contributed by atoms with E-state index < -0.39 is 0 Å². The van der Waals surface area contributed by atoms with Crippen LogP contribution < -0.4 is 10.1 Å². The third-order valence-electron chi connectivity index (χ3n) is 4.75. The fraction of sp³-hybridized carbons (Fsp3) is 0.350. The van der Waals surface area contributed by atoms with Crippen molar-refractivity contribution in [1.82, 2.24) is 20.2 Å². The van der Waals surface area contributed by atoms with Crippen LogP contribution in [0, 0.1) is 6.92 Å². The molecule has 0 aromatic carbocycles. The average Bonchev–Trinajstić information content (AvgIpc) is 3.22. The van der Waals surface area contributed by atoms with Gasteiger partial charge in [-0.05, 0) is 38.3 Å². The SMILES string of the molecule is COc1cnc(Cl)cc1-c1cc(C)ncc1C(=O)Nc1nnc([C@H]2CCCCO2)s1. The van der Waals surface area contributed by atoms with Crippen molar-refractivity contribution in [3.05, 3.63) is 45.9 Å². The molecule has 3 aromatic heterocycles. The minimum Gasteiger partial charge on any atom is -0.494 e. The van der Waals surface area contributed by atoms with Crippen LogP contribution >= 0.6 is 22.9 Å². The minimum absolute atomic E-state index is 0.0540. The normalized spacial score (nSPS) is 16.3. The molecule has 0 saturated carbocycles. The Morgan fingerprint density at radius 3 is 2.87 bits per heavy atom. The number of aryl methyl sites for hydroxylation is 1. The van der Waals surface area contributed by atoms with Gasteiger partial charge in [0, 0.05) is 29.6 Å². The fourth-order valence-corrected chi connectivity index (χ4v) is 4.25. The highest BCUT2D eigenvalue weighted by Gasteiger charge is 2.23. The van der Waals surface area contributed by atoms with Crippen LogP contribution in [0.15, 0.2) is 24.5 Å². The molecular weight excluding hydrogens is 426 g/mol. The van der Waals surface area contributed by atoms with E-state index in [1.165, 1.54) is 30.8 Å². The molecule has 4 heterocycles. The third-order valence-corrected chi connectivity index (χ3v) is 5.88. The van der Waals surface area contributed by atoms with Gasteiger partial charge >= 0.3 is 0 Å². The lowest BCUT2D eigenvalue weighted by Gasteiger charge is -2.19. The van der Waals surface area contributed by atoms with Crippen LogP contribution in [0.25, 0.3) is 11.1 Å². The largest absolute Gasteiger partial charge is 0.494 e. The zero-order valence-corrected chi connectivity index (χ0v) is 18.1. The first-order valence-corrected chi connectivity index (χ1v) is 10.7. The molecule has 156 valence electrons. The fourth-order valence-electron chi connectivity index (χ4n) is 3.27. The van der Waals surface area contributed by atoms with Crippen molar-refractivity contribution < 1.29 is 14.3 Å². The molecule has 4 rings (SSSR count). The van der Waals surface area contributed by atoms with E-state index in [1.54, 1.807) is 6.07 Å². The first-order valence-electron chi connectivity index (χ1n) is 9.48. The van der Waals surface area contributed by atoms with Crippen LogP contribution in [0.4, 0.5) is 5.13 Å². The number of anilines is 1. The monoisotopic (exact) mass is 445 g/mol. The maximum atomic E-state index is 13.1. The summed E-state index contributed by atoms with van der Waals surface area (Å²) in [6, 6.07) is 3.47. The van der Waals surface area contributed by atoms with Gasteiger partial charge in [0.25, 0.3) is 5.91 Å². The summed E-state index contributed by atoms with van der Waals surface area (Å²) in [6.45, 7) is 2.57. The topological polar surface area (TPSA) is 99.1 Å². The van der Waals surface area contributed by atoms with Gasteiger partial charge in [-0.25, -0.2) is 4.98 Å². The predicted molar refractivity (Wildman–Crippen MR) is 114 cm³/mol. The average molecular weight is 446 g/mol. The second kappa shape index (κ2) is 9.03. The zero-order valence-electron chi connectivity index (χ0n) is 16.5. The highest BCUT2D eigenvalue weighted by molar-refractivity contribution is 7.15. The van der Waals surface area contributed by atoms with Gasteiger partial charge in [-0.15, -0.1) is 10.2 Å². The van der Waals surface area contributed by atoms with Gasteiger partial charge in [-0.3, -0.25) is 15.1 Å². The summed E-state index contributed by atoms with van der Waals surface area (Å²) in [5.74, 6) is 0.159. The number of pyridine rings is 2. The smallest absolute Gasteiger partial charge is 0.259 e. The van der Waals surface area contributed by atoms with E-state index in [0.29, 0.717) is 32.7 Å². The molecular formula is C20H20ClN5O3S. The maximum absolute atomic E-state index is 13.1. The van der Waals surface area contributed by atoms with E-state index in [0.717, 1.165) is 36.6 Å². The van der Waals surface area contributed by atoms with Crippen molar-refractivity contribution in [2.45, 2.75) is 32.3 Å². The van der Waals surface area contributed by atoms with E-state index in [4.69, 9.17) is 21.1 Å². The van der Waals surface area contributed by atoms with E-state index in [-0.39, 0.29) is 12.0 Å². The molecule has 3 aromatic rings. The number of hydrogen-bond acceptors (Lipinski definition) is 8.